The van der Waals surface area contributed by atoms with Crippen molar-refractivity contribution in [3.8, 4) is 11.3 Å². The van der Waals surface area contributed by atoms with E-state index in [4.69, 9.17) is 4.98 Å². The Labute approximate surface area is 166 Å². The molecule has 3 heterocycles. The van der Waals surface area contributed by atoms with E-state index in [2.05, 4.69) is 54.4 Å². The summed E-state index contributed by atoms with van der Waals surface area (Å²) in [5.74, 6) is 0.462. The number of nitrogens with zero attached hydrogens (tertiary/aromatic N) is 3. The molecule has 1 aliphatic heterocycles. The minimum Gasteiger partial charge on any atom is -0.342 e. The lowest BCUT2D eigenvalue weighted by molar-refractivity contribution is -0.131. The Kier molecular flexibility index (Phi) is 5.47. The molecule has 0 bridgehead atoms. The van der Waals surface area contributed by atoms with Gasteiger partial charge in [0.25, 0.3) is 0 Å². The Morgan fingerprint density at radius 2 is 2.04 bits per heavy atom. The van der Waals surface area contributed by atoms with Gasteiger partial charge in [-0.2, -0.15) is 0 Å². The summed E-state index contributed by atoms with van der Waals surface area (Å²) in [6.45, 7) is 3.66. The van der Waals surface area contributed by atoms with Crippen molar-refractivity contribution in [1.29, 1.82) is 0 Å². The SMILES string of the molecule is Cc1cccc(-c2cccc([C@@H]3CCCN(C(=O)Cc4cccnc4)C3)n2)c1. The molecule has 2 aromatic heterocycles. The van der Waals surface area contributed by atoms with Gasteiger partial charge in [-0.25, -0.2) is 0 Å². The van der Waals surface area contributed by atoms with Crippen LogP contribution < -0.4 is 0 Å². The predicted molar refractivity (Wildman–Crippen MR) is 111 cm³/mol. The molecule has 0 unspecified atom stereocenters. The van der Waals surface area contributed by atoms with Gasteiger partial charge in [-0.05, 0) is 49.6 Å². The van der Waals surface area contributed by atoms with E-state index >= 15 is 0 Å². The van der Waals surface area contributed by atoms with E-state index in [0.717, 1.165) is 48.4 Å². The number of rotatable bonds is 4. The van der Waals surface area contributed by atoms with Crippen LogP contribution in [-0.4, -0.2) is 33.9 Å². The van der Waals surface area contributed by atoms with Crippen molar-refractivity contribution < 1.29 is 4.79 Å². The van der Waals surface area contributed by atoms with E-state index in [0.29, 0.717) is 6.42 Å². The van der Waals surface area contributed by atoms with Gasteiger partial charge in [0.2, 0.25) is 5.91 Å². The van der Waals surface area contributed by atoms with Gasteiger partial charge in [0, 0.05) is 42.7 Å². The van der Waals surface area contributed by atoms with E-state index in [1.165, 1.54) is 5.56 Å². The maximum atomic E-state index is 12.7. The first-order chi connectivity index (χ1) is 13.7. The Bertz CT molecular complexity index is 955. The predicted octanol–water partition coefficient (Wildman–Crippen LogP) is 4.40. The van der Waals surface area contributed by atoms with Crippen molar-refractivity contribution in [3.05, 3.63) is 83.8 Å². The fourth-order valence-corrected chi connectivity index (χ4v) is 3.88. The molecule has 1 aliphatic rings. The Morgan fingerprint density at radius 3 is 2.86 bits per heavy atom. The molecule has 0 spiro atoms. The molecule has 0 N–H and O–H groups in total. The second-order valence-electron chi connectivity index (χ2n) is 7.53. The highest BCUT2D eigenvalue weighted by Crippen LogP contribution is 2.28. The quantitative estimate of drug-likeness (QED) is 0.683. The van der Waals surface area contributed by atoms with E-state index in [-0.39, 0.29) is 11.8 Å². The zero-order chi connectivity index (χ0) is 19.3. The molecular formula is C24H25N3O. The first-order valence-electron chi connectivity index (χ1n) is 9.90. The monoisotopic (exact) mass is 371 g/mol. The van der Waals surface area contributed by atoms with Crippen molar-refractivity contribution in [2.75, 3.05) is 13.1 Å². The average molecular weight is 371 g/mol. The van der Waals surface area contributed by atoms with Crippen LogP contribution in [0.5, 0.6) is 0 Å². The van der Waals surface area contributed by atoms with Gasteiger partial charge in [-0.1, -0.05) is 35.9 Å². The van der Waals surface area contributed by atoms with Gasteiger partial charge in [0.15, 0.2) is 0 Å². The van der Waals surface area contributed by atoms with Gasteiger partial charge in [0.05, 0.1) is 12.1 Å². The van der Waals surface area contributed by atoms with Crippen LogP contribution in [0.15, 0.2) is 67.0 Å². The number of aromatic nitrogens is 2. The van der Waals surface area contributed by atoms with Crippen molar-refractivity contribution in [2.24, 2.45) is 0 Å². The molecule has 1 amide bonds. The Morgan fingerprint density at radius 1 is 1.14 bits per heavy atom. The number of carbonyl (C=O) groups excluding carboxylic acids is 1. The summed E-state index contributed by atoms with van der Waals surface area (Å²) >= 11 is 0. The highest BCUT2D eigenvalue weighted by Gasteiger charge is 2.25. The highest BCUT2D eigenvalue weighted by molar-refractivity contribution is 5.78. The molecule has 28 heavy (non-hydrogen) atoms. The number of hydrogen-bond donors (Lipinski definition) is 0. The molecule has 4 heteroatoms. The standard InChI is InChI=1S/C24H25N3O/c1-18-6-2-8-20(14-18)22-10-3-11-23(26-22)21-9-5-13-27(17-21)24(28)15-19-7-4-12-25-16-19/h2-4,6-8,10-12,14,16,21H,5,9,13,15,17H2,1H3/t21-/m1/s1. The third kappa shape index (κ3) is 4.28. The lowest BCUT2D eigenvalue weighted by Crippen LogP contribution is -2.40. The van der Waals surface area contributed by atoms with Crippen LogP contribution in [0.25, 0.3) is 11.3 Å². The Balaban J connectivity index is 1.49. The molecule has 1 aromatic carbocycles. The third-order valence-electron chi connectivity index (χ3n) is 5.35. The van der Waals surface area contributed by atoms with Gasteiger partial charge >= 0.3 is 0 Å². The maximum Gasteiger partial charge on any atom is 0.227 e. The number of aryl methyl sites for hydroxylation is 1. The summed E-state index contributed by atoms with van der Waals surface area (Å²) in [6, 6.07) is 18.5. The fraction of sp³-hybridized carbons (Fsp3) is 0.292. The van der Waals surface area contributed by atoms with Crippen LogP contribution >= 0.6 is 0 Å². The van der Waals surface area contributed by atoms with Crippen LogP contribution in [0, 0.1) is 6.92 Å². The topological polar surface area (TPSA) is 46.1 Å². The second kappa shape index (κ2) is 8.34. The van der Waals surface area contributed by atoms with Crippen LogP contribution in [0.4, 0.5) is 0 Å². The molecule has 4 rings (SSSR count). The summed E-state index contributed by atoms with van der Waals surface area (Å²) in [4.78, 5) is 23.8. The fourth-order valence-electron chi connectivity index (χ4n) is 3.88. The Hall–Kier alpha value is -3.01. The zero-order valence-corrected chi connectivity index (χ0v) is 16.2. The molecule has 0 saturated carbocycles. The molecule has 0 aliphatic carbocycles. The summed E-state index contributed by atoms with van der Waals surface area (Å²) in [5.41, 5.74) is 5.42. The summed E-state index contributed by atoms with van der Waals surface area (Å²) in [7, 11) is 0. The minimum absolute atomic E-state index is 0.174. The summed E-state index contributed by atoms with van der Waals surface area (Å²) in [5, 5.41) is 0. The van der Waals surface area contributed by atoms with Crippen molar-refractivity contribution >= 4 is 5.91 Å². The van der Waals surface area contributed by atoms with Gasteiger partial charge in [-0.3, -0.25) is 14.8 Å². The van der Waals surface area contributed by atoms with Crippen LogP contribution in [0.3, 0.4) is 0 Å². The third-order valence-corrected chi connectivity index (χ3v) is 5.35. The lowest BCUT2D eigenvalue weighted by atomic mass is 9.93. The molecule has 142 valence electrons. The second-order valence-corrected chi connectivity index (χ2v) is 7.53. The van der Waals surface area contributed by atoms with Gasteiger partial charge in [-0.15, -0.1) is 0 Å². The number of likely N-dealkylation sites (tertiary alicyclic amines) is 1. The van der Waals surface area contributed by atoms with Crippen LogP contribution in [0.1, 0.15) is 35.6 Å². The van der Waals surface area contributed by atoms with Crippen molar-refractivity contribution in [3.63, 3.8) is 0 Å². The smallest absolute Gasteiger partial charge is 0.227 e. The van der Waals surface area contributed by atoms with Gasteiger partial charge in [0.1, 0.15) is 0 Å². The van der Waals surface area contributed by atoms with Crippen LogP contribution in [-0.2, 0) is 11.2 Å². The molecule has 0 radical (unpaired) electrons. The lowest BCUT2D eigenvalue weighted by Gasteiger charge is -2.32. The number of piperidine rings is 1. The van der Waals surface area contributed by atoms with E-state index in [1.807, 2.05) is 17.0 Å². The summed E-state index contributed by atoms with van der Waals surface area (Å²) < 4.78 is 0. The number of hydrogen-bond acceptors (Lipinski definition) is 3. The normalized spacial score (nSPS) is 16.8. The molecule has 1 atom stereocenters. The summed E-state index contributed by atoms with van der Waals surface area (Å²) in [6.07, 6.45) is 6.00. The maximum absolute atomic E-state index is 12.7. The molecule has 3 aromatic rings. The van der Waals surface area contributed by atoms with E-state index in [9.17, 15) is 4.79 Å². The van der Waals surface area contributed by atoms with Crippen molar-refractivity contribution in [1.82, 2.24) is 14.9 Å². The van der Waals surface area contributed by atoms with E-state index in [1.54, 1.807) is 12.4 Å². The molecule has 4 nitrogen and oxygen atoms in total. The number of pyridine rings is 2. The largest absolute Gasteiger partial charge is 0.342 e. The minimum atomic E-state index is 0.174. The average Bonchev–Trinajstić information content (AvgIpc) is 2.75. The van der Waals surface area contributed by atoms with E-state index < -0.39 is 0 Å². The molecule has 1 fully saturated rings. The number of amides is 1. The number of carbonyl (C=O) groups is 1. The molecule has 1 saturated heterocycles. The number of benzene rings is 1. The van der Waals surface area contributed by atoms with Gasteiger partial charge < -0.3 is 4.90 Å². The van der Waals surface area contributed by atoms with Crippen LogP contribution in [0.2, 0.25) is 0 Å². The zero-order valence-electron chi connectivity index (χ0n) is 16.2. The van der Waals surface area contributed by atoms with Crippen molar-refractivity contribution in [2.45, 2.75) is 32.1 Å². The first kappa shape index (κ1) is 18.4. The first-order valence-corrected chi connectivity index (χ1v) is 9.90. The highest BCUT2D eigenvalue weighted by atomic mass is 16.2. The molecular weight excluding hydrogens is 346 g/mol.